The van der Waals surface area contributed by atoms with E-state index in [0.29, 0.717) is 35.4 Å². The number of carbonyl (C=O) groups excluding carboxylic acids is 1. The maximum Gasteiger partial charge on any atom is 0.227 e. The third kappa shape index (κ3) is 3.27. The van der Waals surface area contributed by atoms with Gasteiger partial charge in [0.2, 0.25) is 17.6 Å². The Morgan fingerprint density at radius 3 is 2.93 bits per heavy atom. The number of allylic oxidation sites excluding steroid dienone is 2. The molecule has 2 bridgehead atoms. The molecule has 0 unspecified atom stereocenters. The maximum atomic E-state index is 13.1. The van der Waals surface area contributed by atoms with Gasteiger partial charge in [-0.3, -0.25) is 4.79 Å². The van der Waals surface area contributed by atoms with E-state index in [-0.39, 0.29) is 5.92 Å². The lowest BCUT2D eigenvalue weighted by Gasteiger charge is -2.35. The van der Waals surface area contributed by atoms with Gasteiger partial charge >= 0.3 is 0 Å². The summed E-state index contributed by atoms with van der Waals surface area (Å²) in [5.41, 5.74) is 2.16. The first-order valence-corrected chi connectivity index (χ1v) is 10.5. The Morgan fingerprint density at radius 2 is 2.14 bits per heavy atom. The number of likely N-dealkylation sites (tertiary alicyclic amines) is 1. The molecule has 1 saturated heterocycles. The normalized spacial score (nSPS) is 28.8. The fraction of sp³-hybridized carbons (Fsp3) is 0.522. The number of rotatable bonds is 4. The van der Waals surface area contributed by atoms with Crippen molar-refractivity contribution in [1.29, 1.82) is 0 Å². The summed E-state index contributed by atoms with van der Waals surface area (Å²) in [5, 5.41) is 4.18. The van der Waals surface area contributed by atoms with Crippen LogP contribution in [0.25, 0.3) is 11.4 Å². The monoisotopic (exact) mass is 377 g/mol. The highest BCUT2D eigenvalue weighted by Gasteiger charge is 2.42. The Labute approximate surface area is 165 Å². The quantitative estimate of drug-likeness (QED) is 0.755. The van der Waals surface area contributed by atoms with Crippen LogP contribution in [0.4, 0.5) is 0 Å². The lowest BCUT2D eigenvalue weighted by Crippen LogP contribution is -2.44. The van der Waals surface area contributed by atoms with Crippen LogP contribution in [0.5, 0.6) is 0 Å². The molecule has 5 heteroatoms. The Balaban J connectivity index is 1.23. The van der Waals surface area contributed by atoms with E-state index in [1.54, 1.807) is 0 Å². The van der Waals surface area contributed by atoms with Gasteiger partial charge in [0.15, 0.2) is 0 Å². The van der Waals surface area contributed by atoms with E-state index < -0.39 is 0 Å². The van der Waals surface area contributed by atoms with Gasteiger partial charge in [0.05, 0.1) is 0 Å². The molecule has 1 amide bonds. The van der Waals surface area contributed by atoms with Gasteiger partial charge in [-0.1, -0.05) is 41.6 Å². The third-order valence-corrected chi connectivity index (χ3v) is 6.74. The lowest BCUT2D eigenvalue weighted by molar-refractivity contribution is -0.138. The zero-order valence-corrected chi connectivity index (χ0v) is 16.4. The zero-order chi connectivity index (χ0) is 19.1. The highest BCUT2D eigenvalue weighted by Crippen LogP contribution is 2.44. The van der Waals surface area contributed by atoms with E-state index in [9.17, 15) is 4.79 Å². The highest BCUT2D eigenvalue weighted by molar-refractivity contribution is 5.80. The Hall–Kier alpha value is -2.43. The van der Waals surface area contributed by atoms with Crippen molar-refractivity contribution in [2.45, 2.75) is 39.0 Å². The molecule has 1 saturated carbocycles. The van der Waals surface area contributed by atoms with Gasteiger partial charge in [-0.25, -0.2) is 0 Å². The molecule has 1 aromatic carbocycles. The van der Waals surface area contributed by atoms with Crippen molar-refractivity contribution >= 4 is 5.91 Å². The summed E-state index contributed by atoms with van der Waals surface area (Å²) in [6, 6.07) is 8.09. The molecule has 0 N–H and O–H groups in total. The van der Waals surface area contributed by atoms with E-state index >= 15 is 0 Å². The fourth-order valence-corrected chi connectivity index (χ4v) is 5.25. The molecule has 2 heterocycles. The first-order chi connectivity index (χ1) is 13.7. The Kier molecular flexibility index (Phi) is 4.53. The topological polar surface area (TPSA) is 59.2 Å². The molecular weight excluding hydrogens is 350 g/mol. The molecule has 28 heavy (non-hydrogen) atoms. The van der Waals surface area contributed by atoms with E-state index in [2.05, 4.69) is 40.2 Å². The predicted octanol–water partition coefficient (Wildman–Crippen LogP) is 4.04. The van der Waals surface area contributed by atoms with Crippen LogP contribution in [-0.2, 0) is 11.2 Å². The minimum absolute atomic E-state index is 0.213. The Bertz CT molecular complexity index is 903. The van der Waals surface area contributed by atoms with Gasteiger partial charge in [-0.2, -0.15) is 4.98 Å². The summed E-state index contributed by atoms with van der Waals surface area (Å²) in [5.74, 6) is 3.43. The second-order valence-corrected chi connectivity index (χ2v) is 8.71. The van der Waals surface area contributed by atoms with Gasteiger partial charge in [0.1, 0.15) is 0 Å². The summed E-state index contributed by atoms with van der Waals surface area (Å²) < 4.78 is 5.54. The lowest BCUT2D eigenvalue weighted by atomic mass is 9.89. The van der Waals surface area contributed by atoms with E-state index in [1.165, 1.54) is 6.42 Å². The maximum absolute atomic E-state index is 13.1. The fourth-order valence-electron chi connectivity index (χ4n) is 5.25. The Morgan fingerprint density at radius 1 is 1.25 bits per heavy atom. The minimum atomic E-state index is 0.213. The number of aryl methyl sites for hydroxylation is 1. The van der Waals surface area contributed by atoms with Gasteiger partial charge in [0.25, 0.3) is 0 Å². The molecule has 1 aliphatic heterocycles. The van der Waals surface area contributed by atoms with Gasteiger partial charge in [-0.15, -0.1) is 0 Å². The van der Waals surface area contributed by atoms with Crippen molar-refractivity contribution < 1.29 is 9.32 Å². The highest BCUT2D eigenvalue weighted by atomic mass is 16.5. The number of nitrogens with zero attached hydrogens (tertiary/aromatic N) is 3. The average molecular weight is 377 g/mol. The number of carbonyl (C=O) groups is 1. The molecule has 1 aromatic heterocycles. The molecule has 2 aromatic rings. The number of amides is 1. The summed E-state index contributed by atoms with van der Waals surface area (Å²) >= 11 is 0. The summed E-state index contributed by atoms with van der Waals surface area (Å²) in [6.07, 6.45) is 9.72. The van der Waals surface area contributed by atoms with Crippen LogP contribution in [0.15, 0.2) is 40.9 Å². The second kappa shape index (κ2) is 7.19. The van der Waals surface area contributed by atoms with Crippen LogP contribution in [0.1, 0.15) is 37.1 Å². The van der Waals surface area contributed by atoms with Crippen molar-refractivity contribution in [1.82, 2.24) is 15.0 Å². The van der Waals surface area contributed by atoms with Gasteiger partial charge < -0.3 is 9.42 Å². The SMILES string of the molecule is Cc1ccccc1-c1noc(C[C@H]2CCCN(C(=O)[C@@H]3C[C@H]4C=C[C@H]3C4)C2)n1. The molecule has 4 atom stereocenters. The van der Waals surface area contributed by atoms with Crippen molar-refractivity contribution in [2.24, 2.45) is 23.7 Å². The number of hydrogen-bond donors (Lipinski definition) is 0. The minimum Gasteiger partial charge on any atom is -0.342 e. The van der Waals surface area contributed by atoms with Gasteiger partial charge in [0, 0.05) is 31.0 Å². The molecule has 0 radical (unpaired) electrons. The van der Waals surface area contributed by atoms with Gasteiger partial charge in [-0.05, 0) is 55.9 Å². The molecule has 146 valence electrons. The number of fused-ring (bicyclic) bond motifs is 2. The largest absolute Gasteiger partial charge is 0.342 e. The number of aromatic nitrogens is 2. The van der Waals surface area contributed by atoms with Crippen molar-refractivity contribution in [2.75, 3.05) is 13.1 Å². The van der Waals surface area contributed by atoms with Crippen molar-refractivity contribution in [3.05, 3.63) is 47.9 Å². The first-order valence-electron chi connectivity index (χ1n) is 10.5. The van der Waals surface area contributed by atoms with Crippen LogP contribution in [0.2, 0.25) is 0 Å². The van der Waals surface area contributed by atoms with E-state index in [1.807, 2.05) is 18.2 Å². The molecule has 5 nitrogen and oxygen atoms in total. The van der Waals surface area contributed by atoms with Crippen LogP contribution < -0.4 is 0 Å². The van der Waals surface area contributed by atoms with Crippen LogP contribution in [0, 0.1) is 30.6 Å². The predicted molar refractivity (Wildman–Crippen MR) is 106 cm³/mol. The number of piperidine rings is 1. The zero-order valence-electron chi connectivity index (χ0n) is 16.4. The molecule has 0 spiro atoms. The van der Waals surface area contributed by atoms with E-state index in [4.69, 9.17) is 4.52 Å². The summed E-state index contributed by atoms with van der Waals surface area (Å²) in [6.45, 7) is 3.77. The van der Waals surface area contributed by atoms with Crippen LogP contribution in [0.3, 0.4) is 0 Å². The third-order valence-electron chi connectivity index (χ3n) is 6.74. The molecule has 2 aliphatic carbocycles. The molecule has 3 aliphatic rings. The van der Waals surface area contributed by atoms with E-state index in [0.717, 1.165) is 49.9 Å². The van der Waals surface area contributed by atoms with Crippen molar-refractivity contribution in [3.8, 4) is 11.4 Å². The van der Waals surface area contributed by atoms with Crippen LogP contribution >= 0.6 is 0 Å². The first kappa shape index (κ1) is 17.7. The number of hydrogen-bond acceptors (Lipinski definition) is 4. The molecule has 5 rings (SSSR count). The average Bonchev–Trinajstić information content (AvgIpc) is 3.45. The summed E-state index contributed by atoms with van der Waals surface area (Å²) in [4.78, 5) is 19.8. The molecule has 2 fully saturated rings. The van der Waals surface area contributed by atoms with Crippen LogP contribution in [-0.4, -0.2) is 34.0 Å². The second-order valence-electron chi connectivity index (χ2n) is 8.71. The van der Waals surface area contributed by atoms with Crippen molar-refractivity contribution in [3.63, 3.8) is 0 Å². The standard InChI is InChI=1S/C23H27N3O2/c1-15-5-2-3-7-19(15)22-24-21(28-25-22)13-17-6-4-10-26(14-17)23(27)20-12-16-8-9-18(20)11-16/h2-3,5,7-9,16-18,20H,4,6,10-14H2,1H3/t16-,17+,18-,20+/m0/s1. The smallest absolute Gasteiger partial charge is 0.227 e. The molecular formula is C23H27N3O2. The summed E-state index contributed by atoms with van der Waals surface area (Å²) in [7, 11) is 0. The number of benzene rings is 1.